The van der Waals surface area contributed by atoms with Gasteiger partial charge in [0.15, 0.2) is 0 Å². The molecular formula is C11H17N3OS2. The van der Waals surface area contributed by atoms with Crippen molar-refractivity contribution in [3.63, 3.8) is 0 Å². The first-order valence-corrected chi connectivity index (χ1v) is 7.77. The van der Waals surface area contributed by atoms with Crippen LogP contribution in [0.5, 0.6) is 0 Å². The second-order valence-corrected chi connectivity index (χ2v) is 6.47. The highest BCUT2D eigenvalue weighted by Gasteiger charge is 2.36. The van der Waals surface area contributed by atoms with Crippen LogP contribution in [0.1, 0.15) is 34.8 Å². The summed E-state index contributed by atoms with van der Waals surface area (Å²) in [6, 6.07) is 0. The standard InChI is InChI=1S/C11H17N3OS2/c1-16-11(3-2-4-11)7-13-10(15)8-6-17-9(5-12)14-8/h6H,2-5,7,12H2,1H3,(H,13,15). The molecule has 1 amide bonds. The van der Waals surface area contributed by atoms with E-state index in [-0.39, 0.29) is 10.7 Å². The van der Waals surface area contributed by atoms with Crippen LogP contribution >= 0.6 is 23.1 Å². The summed E-state index contributed by atoms with van der Waals surface area (Å²) < 4.78 is 0.266. The van der Waals surface area contributed by atoms with Crippen molar-refractivity contribution in [2.75, 3.05) is 12.8 Å². The Kier molecular flexibility index (Phi) is 4.06. The number of amides is 1. The van der Waals surface area contributed by atoms with Gasteiger partial charge in [-0.05, 0) is 19.1 Å². The van der Waals surface area contributed by atoms with E-state index in [1.807, 2.05) is 11.8 Å². The van der Waals surface area contributed by atoms with E-state index >= 15 is 0 Å². The van der Waals surface area contributed by atoms with Crippen LogP contribution in [-0.2, 0) is 6.54 Å². The average Bonchev–Trinajstić information content (AvgIpc) is 2.76. The van der Waals surface area contributed by atoms with E-state index in [1.54, 1.807) is 5.38 Å². The smallest absolute Gasteiger partial charge is 0.270 e. The summed E-state index contributed by atoms with van der Waals surface area (Å²) in [5.41, 5.74) is 5.96. The normalized spacial score (nSPS) is 17.5. The van der Waals surface area contributed by atoms with Gasteiger partial charge in [-0.25, -0.2) is 4.98 Å². The van der Waals surface area contributed by atoms with E-state index in [0.29, 0.717) is 12.2 Å². The number of nitrogens with two attached hydrogens (primary N) is 1. The van der Waals surface area contributed by atoms with Gasteiger partial charge in [0.2, 0.25) is 0 Å². The maximum Gasteiger partial charge on any atom is 0.270 e. The van der Waals surface area contributed by atoms with Crippen molar-refractivity contribution in [3.8, 4) is 0 Å². The lowest BCUT2D eigenvalue weighted by Crippen LogP contribution is -2.45. The molecule has 1 aromatic heterocycles. The number of carbonyl (C=O) groups excluding carboxylic acids is 1. The van der Waals surface area contributed by atoms with Crippen LogP contribution in [0.15, 0.2) is 5.38 Å². The maximum absolute atomic E-state index is 11.9. The highest BCUT2D eigenvalue weighted by atomic mass is 32.2. The molecule has 1 saturated carbocycles. The SMILES string of the molecule is CSC1(CNC(=O)c2csc(CN)n2)CCC1. The summed E-state index contributed by atoms with van der Waals surface area (Å²) in [5.74, 6) is -0.0822. The van der Waals surface area contributed by atoms with Crippen molar-refractivity contribution in [1.82, 2.24) is 10.3 Å². The molecule has 4 nitrogen and oxygen atoms in total. The fourth-order valence-corrected chi connectivity index (χ4v) is 3.43. The van der Waals surface area contributed by atoms with Gasteiger partial charge in [-0.1, -0.05) is 6.42 Å². The third kappa shape index (κ3) is 2.81. The minimum Gasteiger partial charge on any atom is -0.349 e. The van der Waals surface area contributed by atoms with Gasteiger partial charge in [0.25, 0.3) is 5.91 Å². The fourth-order valence-electron chi connectivity index (χ4n) is 1.87. The molecule has 1 aliphatic carbocycles. The first kappa shape index (κ1) is 12.9. The molecule has 1 aromatic rings. The molecule has 3 N–H and O–H groups in total. The molecule has 0 bridgehead atoms. The van der Waals surface area contributed by atoms with Crippen molar-refractivity contribution in [3.05, 3.63) is 16.1 Å². The molecule has 0 aliphatic heterocycles. The zero-order valence-electron chi connectivity index (χ0n) is 9.86. The number of hydrogen-bond donors (Lipinski definition) is 2. The molecule has 17 heavy (non-hydrogen) atoms. The van der Waals surface area contributed by atoms with E-state index in [9.17, 15) is 4.79 Å². The third-order valence-corrected chi connectivity index (χ3v) is 5.52. The molecule has 0 spiro atoms. The van der Waals surface area contributed by atoms with Gasteiger partial charge in [-0.2, -0.15) is 11.8 Å². The van der Waals surface area contributed by atoms with Gasteiger partial charge in [0.05, 0.1) is 0 Å². The minimum absolute atomic E-state index is 0.0822. The Labute approximate surface area is 109 Å². The van der Waals surface area contributed by atoms with Crippen LogP contribution in [0, 0.1) is 0 Å². The van der Waals surface area contributed by atoms with Gasteiger partial charge in [0, 0.05) is 23.2 Å². The molecule has 0 atom stereocenters. The van der Waals surface area contributed by atoms with Gasteiger partial charge in [-0.3, -0.25) is 4.79 Å². The zero-order chi connectivity index (χ0) is 12.3. The molecule has 0 aromatic carbocycles. The number of carbonyl (C=O) groups is 1. The number of hydrogen-bond acceptors (Lipinski definition) is 5. The van der Waals surface area contributed by atoms with Crippen LogP contribution in [-0.4, -0.2) is 28.4 Å². The number of aromatic nitrogens is 1. The Hall–Kier alpha value is -0.590. The molecular weight excluding hydrogens is 254 g/mol. The van der Waals surface area contributed by atoms with Crippen LogP contribution in [0.2, 0.25) is 0 Å². The Morgan fingerprint density at radius 3 is 2.94 bits per heavy atom. The Bertz CT molecular complexity index is 396. The van der Waals surface area contributed by atoms with E-state index in [1.165, 1.54) is 30.6 Å². The lowest BCUT2D eigenvalue weighted by Gasteiger charge is -2.40. The molecule has 6 heteroatoms. The van der Waals surface area contributed by atoms with Crippen LogP contribution < -0.4 is 11.1 Å². The Balaban J connectivity index is 1.88. The summed E-state index contributed by atoms with van der Waals surface area (Å²) in [5, 5.41) is 5.55. The average molecular weight is 271 g/mol. The van der Waals surface area contributed by atoms with E-state index in [0.717, 1.165) is 11.6 Å². The van der Waals surface area contributed by atoms with Crippen molar-refractivity contribution in [2.45, 2.75) is 30.6 Å². The van der Waals surface area contributed by atoms with Crippen molar-refractivity contribution in [1.29, 1.82) is 0 Å². The van der Waals surface area contributed by atoms with Gasteiger partial charge < -0.3 is 11.1 Å². The molecule has 2 rings (SSSR count). The second-order valence-electron chi connectivity index (χ2n) is 4.25. The van der Waals surface area contributed by atoms with Gasteiger partial charge >= 0.3 is 0 Å². The maximum atomic E-state index is 11.9. The number of nitrogens with zero attached hydrogens (tertiary/aromatic N) is 1. The predicted octanol–water partition coefficient (Wildman–Crippen LogP) is 1.62. The summed E-state index contributed by atoms with van der Waals surface area (Å²) in [6.07, 6.45) is 5.77. The highest BCUT2D eigenvalue weighted by Crippen LogP contribution is 2.42. The first-order chi connectivity index (χ1) is 8.19. The van der Waals surface area contributed by atoms with Gasteiger partial charge in [-0.15, -0.1) is 11.3 Å². The summed E-state index contributed by atoms with van der Waals surface area (Å²) >= 11 is 3.29. The van der Waals surface area contributed by atoms with Crippen LogP contribution in [0.4, 0.5) is 0 Å². The second kappa shape index (κ2) is 5.37. The lowest BCUT2D eigenvalue weighted by atomic mass is 9.84. The molecule has 1 fully saturated rings. The summed E-state index contributed by atoms with van der Waals surface area (Å²) in [6.45, 7) is 1.13. The van der Waals surface area contributed by atoms with Crippen LogP contribution in [0.3, 0.4) is 0 Å². The highest BCUT2D eigenvalue weighted by molar-refractivity contribution is 8.00. The van der Waals surface area contributed by atoms with E-state index in [2.05, 4.69) is 16.6 Å². The summed E-state index contributed by atoms with van der Waals surface area (Å²) in [4.78, 5) is 16.0. The Morgan fingerprint density at radius 2 is 2.47 bits per heavy atom. The fraction of sp³-hybridized carbons (Fsp3) is 0.636. The largest absolute Gasteiger partial charge is 0.349 e. The summed E-state index contributed by atoms with van der Waals surface area (Å²) in [7, 11) is 0. The Morgan fingerprint density at radius 1 is 1.71 bits per heavy atom. The van der Waals surface area contributed by atoms with E-state index < -0.39 is 0 Å². The quantitative estimate of drug-likeness (QED) is 0.854. The molecule has 0 radical (unpaired) electrons. The van der Waals surface area contributed by atoms with Crippen molar-refractivity contribution >= 4 is 29.0 Å². The third-order valence-electron chi connectivity index (χ3n) is 3.23. The van der Waals surface area contributed by atoms with E-state index in [4.69, 9.17) is 5.73 Å². The number of nitrogens with one attached hydrogen (secondary N) is 1. The number of thioether (sulfide) groups is 1. The number of thiazole rings is 1. The topological polar surface area (TPSA) is 68.0 Å². The molecule has 1 aliphatic rings. The molecule has 0 unspecified atom stereocenters. The lowest BCUT2D eigenvalue weighted by molar-refractivity contribution is 0.0939. The number of rotatable bonds is 5. The zero-order valence-corrected chi connectivity index (χ0v) is 11.5. The van der Waals surface area contributed by atoms with Crippen molar-refractivity contribution < 1.29 is 4.79 Å². The molecule has 94 valence electrons. The van der Waals surface area contributed by atoms with Crippen molar-refractivity contribution in [2.24, 2.45) is 5.73 Å². The molecule has 0 saturated heterocycles. The molecule has 1 heterocycles. The van der Waals surface area contributed by atoms with Crippen LogP contribution in [0.25, 0.3) is 0 Å². The monoisotopic (exact) mass is 271 g/mol. The predicted molar refractivity (Wildman–Crippen MR) is 72.4 cm³/mol. The van der Waals surface area contributed by atoms with Gasteiger partial charge in [0.1, 0.15) is 10.7 Å². The minimum atomic E-state index is -0.0822. The first-order valence-electron chi connectivity index (χ1n) is 5.67.